The van der Waals surface area contributed by atoms with Gasteiger partial charge in [0.1, 0.15) is 5.82 Å². The molecule has 2 aromatic heterocycles. The molecule has 3 aromatic carbocycles. The summed E-state index contributed by atoms with van der Waals surface area (Å²) >= 11 is 0. The summed E-state index contributed by atoms with van der Waals surface area (Å²) in [6, 6.07) is 22.5. The Labute approximate surface area is 185 Å². The highest BCUT2D eigenvalue weighted by atomic mass is 16.5. The summed E-state index contributed by atoms with van der Waals surface area (Å²) in [5.74, 6) is 2.61. The molecule has 5 rings (SSSR count). The first kappa shape index (κ1) is 19.8. The number of hydrogen-bond acceptors (Lipinski definition) is 5. The highest BCUT2D eigenvalue weighted by Gasteiger charge is 2.14. The van der Waals surface area contributed by atoms with Crippen molar-refractivity contribution in [3.63, 3.8) is 0 Å². The van der Waals surface area contributed by atoms with Gasteiger partial charge in [0.25, 0.3) is 0 Å². The van der Waals surface area contributed by atoms with Crippen LogP contribution in [0.2, 0.25) is 0 Å². The third-order valence-electron chi connectivity index (χ3n) is 5.51. The van der Waals surface area contributed by atoms with Crippen LogP contribution in [0.5, 0.6) is 17.2 Å². The molecule has 6 nitrogen and oxygen atoms in total. The number of para-hydroxylation sites is 1. The zero-order valence-corrected chi connectivity index (χ0v) is 18.1. The van der Waals surface area contributed by atoms with Gasteiger partial charge in [0, 0.05) is 40.4 Å². The lowest BCUT2D eigenvalue weighted by atomic mass is 10.0. The normalized spacial score (nSPS) is 11.0. The second kappa shape index (κ2) is 8.15. The smallest absolute Gasteiger partial charge is 0.203 e. The van der Waals surface area contributed by atoms with Crippen molar-refractivity contribution in [2.75, 3.05) is 26.6 Å². The molecule has 0 amide bonds. The molecule has 2 heterocycles. The Kier molecular flexibility index (Phi) is 5.03. The van der Waals surface area contributed by atoms with Crippen molar-refractivity contribution in [1.29, 1.82) is 0 Å². The highest BCUT2D eigenvalue weighted by molar-refractivity contribution is 5.98. The number of nitrogens with zero attached hydrogens (tertiary/aromatic N) is 1. The first-order valence-electron chi connectivity index (χ1n) is 10.2. The number of benzene rings is 3. The van der Waals surface area contributed by atoms with E-state index in [4.69, 9.17) is 14.2 Å². The van der Waals surface area contributed by atoms with E-state index in [0.29, 0.717) is 17.2 Å². The quantitative estimate of drug-likeness (QED) is 0.341. The number of aromatic nitrogens is 2. The minimum Gasteiger partial charge on any atom is -0.493 e. The predicted molar refractivity (Wildman–Crippen MR) is 128 cm³/mol. The second-order valence-electron chi connectivity index (χ2n) is 7.40. The first-order chi connectivity index (χ1) is 15.7. The number of rotatable bonds is 6. The highest BCUT2D eigenvalue weighted by Crippen LogP contribution is 2.41. The Bertz CT molecular complexity index is 1400. The van der Waals surface area contributed by atoms with Crippen LogP contribution in [0.3, 0.4) is 0 Å². The lowest BCUT2D eigenvalue weighted by Crippen LogP contribution is -1.98. The van der Waals surface area contributed by atoms with Gasteiger partial charge in [0.15, 0.2) is 11.5 Å². The summed E-state index contributed by atoms with van der Waals surface area (Å²) in [4.78, 5) is 7.95. The van der Waals surface area contributed by atoms with Gasteiger partial charge in [-0.2, -0.15) is 0 Å². The number of fused-ring (bicyclic) bond motifs is 2. The molecule has 0 radical (unpaired) electrons. The largest absolute Gasteiger partial charge is 0.493 e. The van der Waals surface area contributed by atoms with Crippen LogP contribution in [0, 0.1) is 0 Å². The lowest BCUT2D eigenvalue weighted by molar-refractivity contribution is 0.324. The van der Waals surface area contributed by atoms with Gasteiger partial charge in [0.05, 0.1) is 32.4 Å². The molecule has 160 valence electrons. The molecule has 0 bridgehead atoms. The fraction of sp³-hybridized carbons (Fsp3) is 0.115. The number of hydrogen-bond donors (Lipinski definition) is 2. The van der Waals surface area contributed by atoms with Crippen molar-refractivity contribution in [1.82, 2.24) is 9.97 Å². The summed E-state index contributed by atoms with van der Waals surface area (Å²) in [7, 11) is 4.81. The van der Waals surface area contributed by atoms with Gasteiger partial charge in [0.2, 0.25) is 5.75 Å². The number of anilines is 2. The molecular formula is C26H23N3O3. The van der Waals surface area contributed by atoms with E-state index in [1.807, 2.05) is 24.4 Å². The van der Waals surface area contributed by atoms with E-state index in [9.17, 15) is 0 Å². The van der Waals surface area contributed by atoms with E-state index in [2.05, 4.69) is 63.8 Å². The Morgan fingerprint density at radius 2 is 1.56 bits per heavy atom. The standard InChI is InChI=1S/C26H23N3O3/c1-30-22-14-19(15-23(31-2)26(22)32-3)28-24-13-18-6-4-8-20(25(18)29-24)16-9-10-21-17(12-16)7-5-11-27-21/h4-15,28-29H,1-3H3. The van der Waals surface area contributed by atoms with Crippen LogP contribution in [0.15, 0.2) is 72.9 Å². The van der Waals surface area contributed by atoms with Crippen LogP contribution >= 0.6 is 0 Å². The van der Waals surface area contributed by atoms with E-state index in [0.717, 1.165) is 44.4 Å². The van der Waals surface area contributed by atoms with Crippen LogP contribution in [0.1, 0.15) is 0 Å². The Morgan fingerprint density at radius 3 is 2.31 bits per heavy atom. The molecule has 0 saturated carbocycles. The van der Waals surface area contributed by atoms with Crippen LogP contribution in [-0.2, 0) is 0 Å². The van der Waals surface area contributed by atoms with Crippen LogP contribution in [-0.4, -0.2) is 31.3 Å². The summed E-state index contributed by atoms with van der Waals surface area (Å²) in [6.45, 7) is 0. The van der Waals surface area contributed by atoms with Crippen LogP contribution < -0.4 is 19.5 Å². The summed E-state index contributed by atoms with van der Waals surface area (Å²) in [5.41, 5.74) is 5.14. The van der Waals surface area contributed by atoms with Gasteiger partial charge < -0.3 is 24.5 Å². The molecule has 5 aromatic rings. The third kappa shape index (κ3) is 3.46. The van der Waals surface area contributed by atoms with E-state index >= 15 is 0 Å². The molecule has 0 atom stereocenters. The van der Waals surface area contributed by atoms with E-state index in [1.165, 1.54) is 0 Å². The second-order valence-corrected chi connectivity index (χ2v) is 7.40. The van der Waals surface area contributed by atoms with Gasteiger partial charge in [-0.3, -0.25) is 4.98 Å². The first-order valence-corrected chi connectivity index (χ1v) is 10.2. The number of pyridine rings is 1. The fourth-order valence-corrected chi connectivity index (χ4v) is 4.02. The molecule has 0 aliphatic carbocycles. The summed E-state index contributed by atoms with van der Waals surface area (Å²) in [6.07, 6.45) is 1.81. The molecule has 6 heteroatoms. The van der Waals surface area contributed by atoms with Gasteiger partial charge in [-0.25, -0.2) is 0 Å². The topological polar surface area (TPSA) is 68.4 Å². The summed E-state index contributed by atoms with van der Waals surface area (Å²) in [5, 5.41) is 5.65. The maximum Gasteiger partial charge on any atom is 0.203 e. The van der Waals surface area contributed by atoms with E-state index in [-0.39, 0.29) is 0 Å². The number of H-pyrrole nitrogens is 1. The van der Waals surface area contributed by atoms with Crippen molar-refractivity contribution < 1.29 is 14.2 Å². The Hall–Kier alpha value is -4.19. The Morgan fingerprint density at radius 1 is 0.781 bits per heavy atom. The monoisotopic (exact) mass is 425 g/mol. The number of nitrogens with one attached hydrogen (secondary N) is 2. The SMILES string of the molecule is COc1cc(Nc2cc3cccc(-c4ccc5ncccc5c4)c3[nH]2)cc(OC)c1OC. The van der Waals surface area contributed by atoms with Crippen molar-refractivity contribution >= 4 is 33.3 Å². The van der Waals surface area contributed by atoms with E-state index < -0.39 is 0 Å². The zero-order chi connectivity index (χ0) is 22.1. The van der Waals surface area contributed by atoms with Crippen LogP contribution in [0.4, 0.5) is 11.5 Å². The van der Waals surface area contributed by atoms with Crippen molar-refractivity contribution in [3.8, 4) is 28.4 Å². The molecule has 0 aliphatic rings. The molecule has 0 unspecified atom stereocenters. The average Bonchev–Trinajstić information content (AvgIpc) is 3.25. The van der Waals surface area contributed by atoms with Gasteiger partial charge in [-0.05, 0) is 29.8 Å². The lowest BCUT2D eigenvalue weighted by Gasteiger charge is -2.14. The van der Waals surface area contributed by atoms with Gasteiger partial charge in [-0.1, -0.05) is 30.3 Å². The maximum atomic E-state index is 5.47. The average molecular weight is 425 g/mol. The minimum absolute atomic E-state index is 0.560. The molecule has 0 aliphatic heterocycles. The third-order valence-corrected chi connectivity index (χ3v) is 5.51. The number of methoxy groups -OCH3 is 3. The van der Waals surface area contributed by atoms with Gasteiger partial charge in [-0.15, -0.1) is 0 Å². The molecule has 2 N–H and O–H groups in total. The molecule has 0 saturated heterocycles. The molecule has 0 spiro atoms. The summed E-state index contributed by atoms with van der Waals surface area (Å²) < 4.78 is 16.4. The van der Waals surface area contributed by atoms with Crippen molar-refractivity contribution in [2.45, 2.75) is 0 Å². The number of ether oxygens (including phenoxy) is 3. The zero-order valence-electron chi connectivity index (χ0n) is 18.1. The Balaban J connectivity index is 1.55. The minimum atomic E-state index is 0.560. The maximum absolute atomic E-state index is 5.47. The fourth-order valence-electron chi connectivity index (χ4n) is 4.02. The van der Waals surface area contributed by atoms with Crippen molar-refractivity contribution in [3.05, 3.63) is 72.9 Å². The molecule has 0 fully saturated rings. The van der Waals surface area contributed by atoms with E-state index in [1.54, 1.807) is 21.3 Å². The molecular weight excluding hydrogens is 402 g/mol. The molecule has 32 heavy (non-hydrogen) atoms. The van der Waals surface area contributed by atoms with Crippen molar-refractivity contribution in [2.24, 2.45) is 0 Å². The van der Waals surface area contributed by atoms with Crippen LogP contribution in [0.25, 0.3) is 32.9 Å². The van der Waals surface area contributed by atoms with Gasteiger partial charge >= 0.3 is 0 Å². The number of aromatic amines is 1. The predicted octanol–water partition coefficient (Wildman–Crippen LogP) is 6.15.